The molecule has 0 N–H and O–H groups in total. The Balaban J connectivity index is 2.60. The molecule has 17 heavy (non-hydrogen) atoms. The molecule has 0 radical (unpaired) electrons. The van der Waals surface area contributed by atoms with Crippen LogP contribution in [0.2, 0.25) is 5.02 Å². The number of ether oxygens (including phenoxy) is 1. The number of benzene rings is 1. The third kappa shape index (κ3) is 4.39. The Bertz CT molecular complexity index is 374. The van der Waals surface area contributed by atoms with Gasteiger partial charge in [0.1, 0.15) is 5.75 Å². The van der Waals surface area contributed by atoms with E-state index in [0.29, 0.717) is 29.4 Å². The van der Waals surface area contributed by atoms with E-state index in [-0.39, 0.29) is 5.78 Å². The first-order valence-electron chi connectivity index (χ1n) is 6.14. The third-order valence-corrected chi connectivity index (χ3v) is 2.88. The lowest BCUT2D eigenvalue weighted by Gasteiger charge is -2.08. The van der Waals surface area contributed by atoms with Crippen LogP contribution in [-0.2, 0) is 0 Å². The number of hydrogen-bond acceptors (Lipinski definition) is 2. The average Bonchev–Trinajstić information content (AvgIpc) is 2.35. The maximum atomic E-state index is 11.5. The van der Waals surface area contributed by atoms with Crippen LogP contribution in [0.3, 0.4) is 0 Å². The molecule has 0 fully saturated rings. The van der Waals surface area contributed by atoms with E-state index in [9.17, 15) is 4.79 Å². The highest BCUT2D eigenvalue weighted by Gasteiger charge is 2.07. The standard InChI is InChI=1S/C14H19ClO2/c1-3-5-6-9-17-14-8-7-11(10-12(14)15)13(16)4-2/h7-8,10H,3-6,9H2,1-2H3. The summed E-state index contributed by atoms with van der Waals surface area (Å²) in [6.07, 6.45) is 3.85. The lowest BCUT2D eigenvalue weighted by Crippen LogP contribution is -2.00. The van der Waals surface area contributed by atoms with E-state index >= 15 is 0 Å². The molecule has 0 aliphatic rings. The molecular formula is C14H19ClO2. The molecule has 0 atom stereocenters. The minimum absolute atomic E-state index is 0.101. The first kappa shape index (κ1) is 14.0. The van der Waals surface area contributed by atoms with E-state index in [1.54, 1.807) is 18.2 Å². The molecule has 1 aromatic carbocycles. The van der Waals surface area contributed by atoms with Crippen LogP contribution in [0.4, 0.5) is 0 Å². The van der Waals surface area contributed by atoms with E-state index in [1.807, 2.05) is 6.92 Å². The molecule has 0 saturated carbocycles. The van der Waals surface area contributed by atoms with Crippen molar-refractivity contribution in [3.8, 4) is 5.75 Å². The van der Waals surface area contributed by atoms with Gasteiger partial charge in [0.15, 0.2) is 5.78 Å². The minimum atomic E-state index is 0.101. The monoisotopic (exact) mass is 254 g/mol. The van der Waals surface area contributed by atoms with Gasteiger partial charge in [0, 0.05) is 12.0 Å². The van der Waals surface area contributed by atoms with Crippen LogP contribution in [0, 0.1) is 0 Å². The second-order valence-electron chi connectivity index (χ2n) is 3.98. The van der Waals surface area contributed by atoms with E-state index in [4.69, 9.17) is 16.3 Å². The largest absolute Gasteiger partial charge is 0.492 e. The molecule has 0 aromatic heterocycles. The van der Waals surface area contributed by atoms with Crippen molar-refractivity contribution in [2.75, 3.05) is 6.61 Å². The Morgan fingerprint density at radius 3 is 2.65 bits per heavy atom. The Morgan fingerprint density at radius 1 is 1.29 bits per heavy atom. The molecule has 0 aliphatic heterocycles. The van der Waals surface area contributed by atoms with Gasteiger partial charge in [-0.15, -0.1) is 0 Å². The predicted molar refractivity (Wildman–Crippen MR) is 71.1 cm³/mol. The number of unbranched alkanes of at least 4 members (excludes halogenated alkanes) is 2. The number of carbonyl (C=O) groups is 1. The zero-order chi connectivity index (χ0) is 12.7. The van der Waals surface area contributed by atoms with Crippen LogP contribution < -0.4 is 4.74 Å². The highest BCUT2D eigenvalue weighted by molar-refractivity contribution is 6.32. The maximum absolute atomic E-state index is 11.5. The third-order valence-electron chi connectivity index (χ3n) is 2.58. The summed E-state index contributed by atoms with van der Waals surface area (Å²) in [5.41, 5.74) is 0.651. The fraction of sp³-hybridized carbons (Fsp3) is 0.500. The molecule has 0 bridgehead atoms. The Kier molecular flexibility index (Phi) is 6.06. The fourth-order valence-corrected chi connectivity index (χ4v) is 1.76. The van der Waals surface area contributed by atoms with Crippen LogP contribution in [0.5, 0.6) is 5.75 Å². The summed E-state index contributed by atoms with van der Waals surface area (Å²) in [5.74, 6) is 0.764. The summed E-state index contributed by atoms with van der Waals surface area (Å²) < 4.78 is 5.56. The second-order valence-corrected chi connectivity index (χ2v) is 4.38. The summed E-state index contributed by atoms with van der Waals surface area (Å²) in [4.78, 5) is 11.5. The molecule has 94 valence electrons. The first-order chi connectivity index (χ1) is 8.19. The Labute approximate surface area is 108 Å². The van der Waals surface area contributed by atoms with Crippen LogP contribution in [0.25, 0.3) is 0 Å². The molecule has 0 spiro atoms. The van der Waals surface area contributed by atoms with Crippen LogP contribution in [0.15, 0.2) is 18.2 Å². The van der Waals surface area contributed by atoms with Crippen molar-refractivity contribution < 1.29 is 9.53 Å². The van der Waals surface area contributed by atoms with Crippen molar-refractivity contribution in [2.45, 2.75) is 39.5 Å². The normalized spacial score (nSPS) is 10.3. The van der Waals surface area contributed by atoms with Crippen molar-refractivity contribution in [1.82, 2.24) is 0 Å². The molecule has 2 nitrogen and oxygen atoms in total. The average molecular weight is 255 g/mol. The van der Waals surface area contributed by atoms with Gasteiger partial charge >= 0.3 is 0 Å². The lowest BCUT2D eigenvalue weighted by molar-refractivity contribution is 0.0988. The van der Waals surface area contributed by atoms with E-state index in [0.717, 1.165) is 12.8 Å². The lowest BCUT2D eigenvalue weighted by atomic mass is 10.1. The number of halogens is 1. The van der Waals surface area contributed by atoms with Crippen molar-refractivity contribution in [3.05, 3.63) is 28.8 Å². The zero-order valence-corrected chi connectivity index (χ0v) is 11.2. The van der Waals surface area contributed by atoms with Crippen molar-refractivity contribution in [3.63, 3.8) is 0 Å². The van der Waals surface area contributed by atoms with Crippen molar-refractivity contribution in [1.29, 1.82) is 0 Å². The SMILES string of the molecule is CCCCCOc1ccc(C(=O)CC)cc1Cl. The first-order valence-corrected chi connectivity index (χ1v) is 6.52. The zero-order valence-electron chi connectivity index (χ0n) is 10.5. The maximum Gasteiger partial charge on any atom is 0.162 e. The van der Waals surface area contributed by atoms with Gasteiger partial charge < -0.3 is 4.74 Å². The number of hydrogen-bond donors (Lipinski definition) is 0. The van der Waals surface area contributed by atoms with Gasteiger partial charge in [-0.3, -0.25) is 4.79 Å². The number of Topliss-reactive ketones (excluding diaryl/α,β-unsaturated/α-hetero) is 1. The van der Waals surface area contributed by atoms with E-state index in [1.165, 1.54) is 6.42 Å². The highest BCUT2D eigenvalue weighted by Crippen LogP contribution is 2.26. The molecule has 1 aromatic rings. The van der Waals surface area contributed by atoms with Gasteiger partial charge in [0.25, 0.3) is 0 Å². The van der Waals surface area contributed by atoms with E-state index < -0.39 is 0 Å². The summed E-state index contributed by atoms with van der Waals surface area (Å²) >= 11 is 6.07. The molecule has 0 heterocycles. The number of carbonyl (C=O) groups excluding carboxylic acids is 1. The van der Waals surface area contributed by atoms with Gasteiger partial charge in [0.05, 0.1) is 11.6 Å². The van der Waals surface area contributed by atoms with Gasteiger partial charge in [-0.05, 0) is 24.6 Å². The van der Waals surface area contributed by atoms with Crippen LogP contribution in [-0.4, -0.2) is 12.4 Å². The molecule has 0 amide bonds. The summed E-state index contributed by atoms with van der Waals surface area (Å²) in [5, 5.41) is 0.515. The fourth-order valence-electron chi connectivity index (χ4n) is 1.53. The van der Waals surface area contributed by atoms with Gasteiger partial charge in [0.2, 0.25) is 0 Å². The summed E-state index contributed by atoms with van der Waals surface area (Å²) in [6, 6.07) is 5.23. The second kappa shape index (κ2) is 7.33. The van der Waals surface area contributed by atoms with Crippen molar-refractivity contribution >= 4 is 17.4 Å². The van der Waals surface area contributed by atoms with Gasteiger partial charge in [-0.25, -0.2) is 0 Å². The smallest absolute Gasteiger partial charge is 0.162 e. The number of rotatable bonds is 7. The Hall–Kier alpha value is -1.02. The van der Waals surface area contributed by atoms with Gasteiger partial charge in [-0.2, -0.15) is 0 Å². The highest BCUT2D eigenvalue weighted by atomic mass is 35.5. The summed E-state index contributed by atoms with van der Waals surface area (Å²) in [7, 11) is 0. The minimum Gasteiger partial charge on any atom is -0.492 e. The van der Waals surface area contributed by atoms with E-state index in [2.05, 4.69) is 6.92 Å². The molecule has 0 aliphatic carbocycles. The molecule has 3 heteroatoms. The predicted octanol–water partition coefficient (Wildman–Crippen LogP) is 4.50. The Morgan fingerprint density at radius 2 is 2.06 bits per heavy atom. The van der Waals surface area contributed by atoms with Crippen molar-refractivity contribution in [2.24, 2.45) is 0 Å². The quantitative estimate of drug-likeness (QED) is 0.529. The summed E-state index contributed by atoms with van der Waals surface area (Å²) in [6.45, 7) is 4.66. The number of ketones is 1. The molecular weight excluding hydrogens is 236 g/mol. The van der Waals surface area contributed by atoms with Crippen LogP contribution >= 0.6 is 11.6 Å². The van der Waals surface area contributed by atoms with Crippen LogP contribution in [0.1, 0.15) is 49.9 Å². The molecule has 0 saturated heterocycles. The van der Waals surface area contributed by atoms with Gasteiger partial charge in [-0.1, -0.05) is 38.3 Å². The molecule has 1 rings (SSSR count). The molecule has 0 unspecified atom stereocenters. The topological polar surface area (TPSA) is 26.3 Å².